The van der Waals surface area contributed by atoms with Crippen molar-refractivity contribution in [1.29, 1.82) is 0 Å². The molecule has 1 heteroatoms. The lowest BCUT2D eigenvalue weighted by atomic mass is 9.82. The fraction of sp³-hybridized carbons (Fsp3) is 0.467. The first kappa shape index (κ1) is 10.1. The van der Waals surface area contributed by atoms with Crippen LogP contribution in [0.3, 0.4) is 0 Å². The first-order valence-corrected chi connectivity index (χ1v) is 6.41. The summed E-state index contributed by atoms with van der Waals surface area (Å²) in [6.45, 7) is 2.28. The molecule has 1 aromatic carbocycles. The van der Waals surface area contributed by atoms with Gasteiger partial charge in [0.25, 0.3) is 0 Å². The first-order chi connectivity index (χ1) is 7.93. The highest BCUT2D eigenvalue weighted by Crippen LogP contribution is 2.33. The van der Waals surface area contributed by atoms with Crippen molar-refractivity contribution >= 4 is 0 Å². The van der Waals surface area contributed by atoms with Crippen molar-refractivity contribution in [1.82, 2.24) is 5.32 Å². The number of aryl methyl sites for hydroxylation is 1. The van der Waals surface area contributed by atoms with Crippen LogP contribution in [0.25, 0.3) is 0 Å². The molecule has 1 aromatic rings. The van der Waals surface area contributed by atoms with E-state index in [2.05, 4.69) is 35.7 Å². The van der Waals surface area contributed by atoms with Crippen molar-refractivity contribution in [2.75, 3.05) is 13.1 Å². The largest absolute Gasteiger partial charge is 0.313 e. The quantitative estimate of drug-likeness (QED) is 0.707. The molecule has 0 spiro atoms. The van der Waals surface area contributed by atoms with E-state index in [4.69, 9.17) is 0 Å². The van der Waals surface area contributed by atoms with Crippen molar-refractivity contribution in [3.8, 4) is 0 Å². The smallest absolute Gasteiger partial charge is 0.0165 e. The number of benzene rings is 1. The Bertz CT molecular complexity index is 398. The Hall–Kier alpha value is -1.08. The SMILES string of the molecule is C(=C1CCNC1)C1CCCc2ccccc21. The molecule has 84 valence electrons. The monoisotopic (exact) mass is 213 g/mol. The maximum Gasteiger partial charge on any atom is 0.0165 e. The molecular formula is C15H19N. The van der Waals surface area contributed by atoms with E-state index < -0.39 is 0 Å². The normalized spacial score (nSPS) is 27.0. The lowest BCUT2D eigenvalue weighted by molar-refractivity contribution is 0.626. The minimum atomic E-state index is 0.680. The summed E-state index contributed by atoms with van der Waals surface area (Å²) < 4.78 is 0. The molecule has 1 aliphatic heterocycles. The molecule has 1 fully saturated rings. The van der Waals surface area contributed by atoms with Gasteiger partial charge in [0.2, 0.25) is 0 Å². The molecule has 0 saturated carbocycles. The lowest BCUT2D eigenvalue weighted by Gasteiger charge is -2.23. The Labute approximate surface area is 97.6 Å². The minimum Gasteiger partial charge on any atom is -0.313 e. The maximum absolute atomic E-state index is 3.42. The third-order valence-corrected chi connectivity index (χ3v) is 3.83. The number of hydrogen-bond donors (Lipinski definition) is 1. The summed E-state index contributed by atoms with van der Waals surface area (Å²) in [5, 5.41) is 3.42. The van der Waals surface area contributed by atoms with Crippen LogP contribution in [0.2, 0.25) is 0 Å². The van der Waals surface area contributed by atoms with Gasteiger partial charge in [0.1, 0.15) is 0 Å². The van der Waals surface area contributed by atoms with Gasteiger partial charge in [0.05, 0.1) is 0 Å². The maximum atomic E-state index is 3.42. The van der Waals surface area contributed by atoms with Crippen molar-refractivity contribution < 1.29 is 0 Å². The molecule has 1 saturated heterocycles. The second-order valence-electron chi connectivity index (χ2n) is 4.95. The molecule has 2 aliphatic rings. The van der Waals surface area contributed by atoms with Crippen LogP contribution >= 0.6 is 0 Å². The van der Waals surface area contributed by atoms with Gasteiger partial charge in [-0.3, -0.25) is 0 Å². The van der Waals surface area contributed by atoms with Gasteiger partial charge in [0, 0.05) is 12.5 Å². The van der Waals surface area contributed by atoms with E-state index >= 15 is 0 Å². The summed E-state index contributed by atoms with van der Waals surface area (Å²) in [7, 11) is 0. The molecule has 3 rings (SSSR count). The van der Waals surface area contributed by atoms with Crippen LogP contribution in [0.4, 0.5) is 0 Å². The fourth-order valence-corrected chi connectivity index (χ4v) is 2.98. The van der Waals surface area contributed by atoms with Gasteiger partial charge in [-0.25, -0.2) is 0 Å². The minimum absolute atomic E-state index is 0.680. The van der Waals surface area contributed by atoms with Crippen molar-refractivity contribution in [2.24, 2.45) is 0 Å². The molecule has 1 heterocycles. The highest BCUT2D eigenvalue weighted by Gasteiger charge is 2.18. The average molecular weight is 213 g/mol. The fourth-order valence-electron chi connectivity index (χ4n) is 2.98. The van der Waals surface area contributed by atoms with Gasteiger partial charge in [0.15, 0.2) is 0 Å². The van der Waals surface area contributed by atoms with Crippen molar-refractivity contribution in [2.45, 2.75) is 31.6 Å². The number of hydrogen-bond acceptors (Lipinski definition) is 1. The third-order valence-electron chi connectivity index (χ3n) is 3.83. The molecule has 16 heavy (non-hydrogen) atoms. The average Bonchev–Trinajstić information content (AvgIpc) is 2.82. The summed E-state index contributed by atoms with van der Waals surface area (Å²) in [4.78, 5) is 0. The molecule has 0 radical (unpaired) electrons. The first-order valence-electron chi connectivity index (χ1n) is 6.41. The zero-order chi connectivity index (χ0) is 10.8. The summed E-state index contributed by atoms with van der Waals surface area (Å²) in [6, 6.07) is 8.97. The standard InChI is InChI=1S/C15H19N/c1-2-7-15-13(4-1)5-3-6-14(15)10-12-8-9-16-11-12/h1-2,4,7,10,14,16H,3,5-6,8-9,11H2. The molecule has 0 bridgehead atoms. The third kappa shape index (κ3) is 1.92. The number of nitrogens with one attached hydrogen (secondary N) is 1. The lowest BCUT2D eigenvalue weighted by Crippen LogP contribution is -2.09. The summed E-state index contributed by atoms with van der Waals surface area (Å²) >= 11 is 0. The summed E-state index contributed by atoms with van der Waals surface area (Å²) in [5.41, 5.74) is 4.76. The van der Waals surface area contributed by atoms with E-state index in [1.807, 2.05) is 0 Å². The van der Waals surface area contributed by atoms with Gasteiger partial charge in [-0.15, -0.1) is 0 Å². The number of fused-ring (bicyclic) bond motifs is 1. The molecule has 0 amide bonds. The zero-order valence-electron chi connectivity index (χ0n) is 9.71. The molecule has 1 N–H and O–H groups in total. The van der Waals surface area contributed by atoms with Crippen LogP contribution in [-0.2, 0) is 6.42 Å². The topological polar surface area (TPSA) is 12.0 Å². The van der Waals surface area contributed by atoms with E-state index in [-0.39, 0.29) is 0 Å². The molecule has 1 nitrogen and oxygen atoms in total. The molecular weight excluding hydrogens is 194 g/mol. The van der Waals surface area contributed by atoms with E-state index in [1.165, 1.54) is 32.2 Å². The van der Waals surface area contributed by atoms with Crippen LogP contribution in [0, 0.1) is 0 Å². The highest BCUT2D eigenvalue weighted by molar-refractivity contribution is 5.36. The number of allylic oxidation sites excluding steroid dienone is 1. The van der Waals surface area contributed by atoms with E-state index in [9.17, 15) is 0 Å². The van der Waals surface area contributed by atoms with E-state index in [0.29, 0.717) is 5.92 Å². The van der Waals surface area contributed by atoms with Crippen LogP contribution in [0.5, 0.6) is 0 Å². The molecule has 0 aromatic heterocycles. The van der Waals surface area contributed by atoms with Gasteiger partial charge in [-0.05, 0) is 43.4 Å². The zero-order valence-corrected chi connectivity index (χ0v) is 9.71. The Morgan fingerprint density at radius 1 is 1.19 bits per heavy atom. The van der Waals surface area contributed by atoms with Gasteiger partial charge in [-0.1, -0.05) is 35.9 Å². The van der Waals surface area contributed by atoms with Crippen LogP contribution in [0.15, 0.2) is 35.9 Å². The van der Waals surface area contributed by atoms with E-state index in [1.54, 1.807) is 16.7 Å². The van der Waals surface area contributed by atoms with Crippen LogP contribution in [0.1, 0.15) is 36.3 Å². The second kappa shape index (κ2) is 4.42. The Morgan fingerprint density at radius 2 is 2.12 bits per heavy atom. The van der Waals surface area contributed by atoms with Crippen LogP contribution < -0.4 is 5.32 Å². The predicted octanol–water partition coefficient (Wildman–Crippen LogP) is 3.03. The predicted molar refractivity (Wildman–Crippen MR) is 67.7 cm³/mol. The van der Waals surface area contributed by atoms with Gasteiger partial charge >= 0.3 is 0 Å². The number of rotatable bonds is 1. The Balaban J connectivity index is 1.89. The summed E-state index contributed by atoms with van der Waals surface area (Å²) in [5.74, 6) is 0.680. The van der Waals surface area contributed by atoms with Crippen molar-refractivity contribution in [3.63, 3.8) is 0 Å². The van der Waals surface area contributed by atoms with Gasteiger partial charge < -0.3 is 5.32 Å². The van der Waals surface area contributed by atoms with E-state index in [0.717, 1.165) is 6.54 Å². The van der Waals surface area contributed by atoms with Crippen molar-refractivity contribution in [3.05, 3.63) is 47.0 Å². The molecule has 1 unspecified atom stereocenters. The second-order valence-corrected chi connectivity index (χ2v) is 4.95. The van der Waals surface area contributed by atoms with Gasteiger partial charge in [-0.2, -0.15) is 0 Å². The highest BCUT2D eigenvalue weighted by atomic mass is 14.9. The van der Waals surface area contributed by atoms with Crippen LogP contribution in [-0.4, -0.2) is 13.1 Å². The molecule has 1 aliphatic carbocycles. The Morgan fingerprint density at radius 3 is 3.00 bits per heavy atom. The summed E-state index contributed by atoms with van der Waals surface area (Å²) in [6.07, 6.45) is 7.73. The Kier molecular flexibility index (Phi) is 2.79. The molecule has 1 atom stereocenters.